The van der Waals surface area contributed by atoms with Gasteiger partial charge in [0.2, 0.25) is 0 Å². The van der Waals surface area contributed by atoms with Crippen molar-refractivity contribution >= 4 is 77.4 Å². The molecule has 2 fully saturated rings. The third kappa shape index (κ3) is 25.1. The van der Waals surface area contributed by atoms with Crippen LogP contribution in [0.5, 0.6) is 17.2 Å². The number of benzene rings is 5. The van der Waals surface area contributed by atoms with Crippen molar-refractivity contribution in [2.24, 2.45) is 0 Å². The Kier molecular flexibility index (Phi) is 23.5. The maximum Gasteiger partial charge on any atom is 0.673 e. The van der Waals surface area contributed by atoms with Crippen LogP contribution in [0, 0.1) is 7.14 Å². The number of ether oxygens (including phenoxy) is 3. The Hall–Kier alpha value is -3.88. The van der Waals surface area contributed by atoms with E-state index in [2.05, 4.69) is 34.1 Å². The zero-order valence-corrected chi connectivity index (χ0v) is 46.0. The van der Waals surface area contributed by atoms with Crippen LogP contribution in [0.2, 0.25) is 25.1 Å². The first-order chi connectivity index (χ1) is 33.1. The van der Waals surface area contributed by atoms with Crippen molar-refractivity contribution in [3.63, 3.8) is 0 Å². The van der Waals surface area contributed by atoms with Crippen molar-refractivity contribution in [1.82, 2.24) is 19.6 Å². The van der Waals surface area contributed by atoms with Crippen LogP contribution in [0.25, 0.3) is 0 Å². The molecule has 0 bridgehead atoms. The standard InChI is InChI=1S/C22H26Cl2N2O3.C16H23ClN2O3.C12H8Cl2I.BF4/c1-22(2,3)29-21(27)26-10-8-25(9-11-26)15-16-12-18(24)14-20(13-16)28-19-6-4-17(23)5-7-19;1-16(2,3)22-15(21)19-6-4-18(5-7-19)11-12-8-13(17)10-14(20)9-12;13-9-1-5-11(6-2-9)15-12-7-3-10(14)4-8-12;2-1(3,4)5/h4-7,12-14H,8-11,15H2,1-3H3;8-10,20H,4-7,11H2,1-3H3;1-8H;/q;;+1;-1. The van der Waals surface area contributed by atoms with E-state index < -0.39 is 18.5 Å². The zero-order chi connectivity index (χ0) is 52.5. The number of nitrogens with zero attached hydrogens (tertiary/aromatic N) is 4. The van der Waals surface area contributed by atoms with E-state index in [0.29, 0.717) is 59.3 Å². The topological polar surface area (TPSA) is 95.0 Å². The average molecular weight is 1200 g/mol. The van der Waals surface area contributed by atoms with Crippen molar-refractivity contribution in [2.45, 2.75) is 65.8 Å². The number of hydrogen-bond donors (Lipinski definition) is 1. The van der Waals surface area contributed by atoms with Crippen molar-refractivity contribution in [3.05, 3.63) is 153 Å². The Labute approximate surface area is 449 Å². The van der Waals surface area contributed by atoms with Crippen molar-refractivity contribution in [2.75, 3.05) is 52.4 Å². The molecule has 0 radical (unpaired) electrons. The van der Waals surface area contributed by atoms with Gasteiger partial charge in [0.25, 0.3) is 0 Å². The minimum absolute atomic E-state index is 0.114. The lowest BCUT2D eigenvalue weighted by atomic mass is 10.2. The van der Waals surface area contributed by atoms with Gasteiger partial charge in [-0.1, -0.05) is 58.0 Å². The highest BCUT2D eigenvalue weighted by atomic mass is 127. The third-order valence-electron chi connectivity index (χ3n) is 9.61. The summed E-state index contributed by atoms with van der Waals surface area (Å²) in [4.78, 5) is 32.2. The SMILES string of the molecule is CC(C)(C)OC(=O)N1CCN(Cc2cc(Cl)cc(Oc3ccc(Cl)cc3)c2)CC1.CC(C)(C)OC(=O)N1CCN(Cc2cc(O)cc(Cl)c2)CC1.Clc1ccc([I+]c2ccc(Cl)cc2)cc1.F[B-](F)(F)F. The van der Waals surface area contributed by atoms with Gasteiger partial charge in [0.1, 0.15) is 28.5 Å². The molecule has 0 saturated carbocycles. The molecule has 2 heterocycles. The predicted molar refractivity (Wildman–Crippen MR) is 273 cm³/mol. The van der Waals surface area contributed by atoms with Crippen LogP contribution in [0.4, 0.5) is 26.9 Å². The highest BCUT2D eigenvalue weighted by Gasteiger charge is 2.28. The molecule has 5 aromatic rings. The molecule has 10 nitrogen and oxygen atoms in total. The number of rotatable bonds is 8. The number of carbonyl (C=O) groups is 2. The van der Waals surface area contributed by atoms with Crippen LogP contribution in [0.3, 0.4) is 0 Å². The Morgan fingerprint density at radius 1 is 0.521 bits per heavy atom. The fourth-order valence-corrected chi connectivity index (χ4v) is 9.63. The smallest absolute Gasteiger partial charge is 0.508 e. The van der Waals surface area contributed by atoms with E-state index in [9.17, 15) is 32.0 Å². The van der Waals surface area contributed by atoms with E-state index in [4.69, 9.17) is 72.2 Å². The minimum Gasteiger partial charge on any atom is -0.508 e. The zero-order valence-electron chi connectivity index (χ0n) is 40.1. The summed E-state index contributed by atoms with van der Waals surface area (Å²) in [7, 11) is -6.00. The van der Waals surface area contributed by atoms with Gasteiger partial charge >= 0.3 is 40.6 Å². The molecule has 7 rings (SSSR count). The number of hydrogen-bond acceptors (Lipinski definition) is 8. The Balaban J connectivity index is 0.000000230. The second kappa shape index (κ2) is 28.0. The molecule has 0 unspecified atom stereocenters. The average Bonchev–Trinajstić information content (AvgIpc) is 3.25. The number of halogens is 10. The summed E-state index contributed by atoms with van der Waals surface area (Å²) in [6.07, 6.45) is -0.508. The van der Waals surface area contributed by atoms with E-state index in [1.54, 1.807) is 34.1 Å². The van der Waals surface area contributed by atoms with Gasteiger partial charge < -0.3 is 46.4 Å². The highest BCUT2D eigenvalue weighted by Crippen LogP contribution is 2.28. The van der Waals surface area contributed by atoms with Crippen LogP contribution in [-0.4, -0.2) is 108 Å². The van der Waals surface area contributed by atoms with Crippen LogP contribution < -0.4 is 25.9 Å². The van der Waals surface area contributed by atoms with Crippen molar-refractivity contribution < 1.29 is 67.4 Å². The molecule has 0 spiro atoms. The molecular weight excluding hydrogens is 1140 g/mol. The van der Waals surface area contributed by atoms with E-state index in [-0.39, 0.29) is 39.1 Å². The van der Waals surface area contributed by atoms with Crippen LogP contribution in [0.1, 0.15) is 52.7 Å². The number of phenols is 1. The number of amides is 2. The van der Waals surface area contributed by atoms with Gasteiger partial charge in [0, 0.05) is 90.6 Å². The second-order valence-electron chi connectivity index (χ2n) is 18.1. The van der Waals surface area contributed by atoms with Gasteiger partial charge in [0.15, 0.2) is 7.14 Å². The highest BCUT2D eigenvalue weighted by molar-refractivity contribution is 6.50. The summed E-state index contributed by atoms with van der Waals surface area (Å²) in [6.45, 7) is 18.3. The summed E-state index contributed by atoms with van der Waals surface area (Å²) < 4.78 is 58.5. The fourth-order valence-electron chi connectivity index (χ4n) is 6.59. The normalized spacial score (nSPS) is 14.4. The first kappa shape index (κ1) is 59.7. The van der Waals surface area contributed by atoms with E-state index in [1.807, 2.05) is 96.1 Å². The molecule has 1 N–H and O–H groups in total. The lowest BCUT2D eigenvalue weighted by molar-refractivity contribution is -0.597. The summed E-state index contributed by atoms with van der Waals surface area (Å²) in [6, 6.07) is 34.1. The molecule has 21 heteroatoms. The van der Waals surface area contributed by atoms with Gasteiger partial charge in [-0.25, -0.2) is 9.59 Å². The Bertz CT molecular complexity index is 2390. The summed E-state index contributed by atoms with van der Waals surface area (Å²) in [5, 5.41) is 13.0. The van der Waals surface area contributed by atoms with Crippen LogP contribution >= 0.6 is 58.0 Å². The summed E-state index contributed by atoms with van der Waals surface area (Å²) >= 11 is 29.7. The molecule has 71 heavy (non-hydrogen) atoms. The number of aromatic hydroxyl groups is 1. The second-order valence-corrected chi connectivity index (χ2v) is 23.3. The van der Waals surface area contributed by atoms with Crippen molar-refractivity contribution in [3.8, 4) is 17.2 Å². The van der Waals surface area contributed by atoms with E-state index >= 15 is 0 Å². The lowest BCUT2D eigenvalue weighted by Gasteiger charge is -2.35. The van der Waals surface area contributed by atoms with Gasteiger partial charge in [-0.05, 0) is 162 Å². The molecule has 2 aliphatic heterocycles. The number of piperazine rings is 2. The first-order valence-electron chi connectivity index (χ1n) is 22.3. The molecule has 2 amide bonds. The maximum absolute atomic E-state index is 12.2. The van der Waals surface area contributed by atoms with E-state index in [0.717, 1.165) is 53.9 Å². The number of phenolic OH excluding ortho intramolecular Hbond substituents is 1. The van der Waals surface area contributed by atoms with Gasteiger partial charge in [-0.15, -0.1) is 0 Å². The monoisotopic (exact) mass is 1200 g/mol. The minimum atomic E-state index is -6.00. The molecule has 0 atom stereocenters. The Morgan fingerprint density at radius 3 is 1.24 bits per heavy atom. The summed E-state index contributed by atoms with van der Waals surface area (Å²) in [5.74, 6) is 1.56. The quantitative estimate of drug-likeness (QED) is 0.0933. The lowest BCUT2D eigenvalue weighted by Crippen LogP contribution is -3.61. The van der Waals surface area contributed by atoms with Crippen LogP contribution in [0.15, 0.2) is 109 Å². The van der Waals surface area contributed by atoms with Crippen molar-refractivity contribution in [1.29, 1.82) is 0 Å². The van der Waals surface area contributed by atoms with Gasteiger partial charge in [0.05, 0.1) is 0 Å². The molecule has 2 saturated heterocycles. The molecule has 0 aliphatic carbocycles. The predicted octanol–water partition coefficient (Wildman–Crippen LogP) is 11.4. The largest absolute Gasteiger partial charge is 0.673 e. The molecule has 386 valence electrons. The molecular formula is C50H57BCl5F4IN4O6. The molecule has 5 aromatic carbocycles. The fraction of sp³-hybridized carbons (Fsp3) is 0.360. The molecule has 2 aliphatic rings. The first-order valence-corrected chi connectivity index (χ1v) is 26.3. The van der Waals surface area contributed by atoms with Crippen LogP contribution in [-0.2, 0) is 22.6 Å². The van der Waals surface area contributed by atoms with E-state index in [1.165, 1.54) is 13.2 Å². The van der Waals surface area contributed by atoms with Gasteiger partial charge in [-0.3, -0.25) is 9.80 Å². The van der Waals surface area contributed by atoms with Gasteiger partial charge in [-0.2, -0.15) is 0 Å². The Morgan fingerprint density at radius 2 is 0.873 bits per heavy atom. The number of carbonyl (C=O) groups excluding carboxylic acids is 2. The maximum atomic E-state index is 12.2. The third-order valence-corrected chi connectivity index (χ3v) is 13.5. The molecule has 0 aromatic heterocycles. The summed E-state index contributed by atoms with van der Waals surface area (Å²) in [5.41, 5.74) is 1.09.